The lowest BCUT2D eigenvalue weighted by Gasteiger charge is -2.28. The van der Waals surface area contributed by atoms with Crippen LogP contribution in [0.5, 0.6) is 0 Å². The van der Waals surface area contributed by atoms with Crippen LogP contribution in [0.1, 0.15) is 30.9 Å². The maximum absolute atomic E-state index is 12.8. The van der Waals surface area contributed by atoms with E-state index in [2.05, 4.69) is 16.3 Å². The van der Waals surface area contributed by atoms with Gasteiger partial charge in [-0.25, -0.2) is 8.42 Å². The van der Waals surface area contributed by atoms with Crippen molar-refractivity contribution < 1.29 is 13.2 Å². The second-order valence-electron chi connectivity index (χ2n) is 7.68. The number of carbonyl (C=O) groups excluding carboxylic acids is 1. The van der Waals surface area contributed by atoms with Crippen LogP contribution in [0.4, 0.5) is 5.69 Å². The first kappa shape index (κ1) is 22.6. The molecule has 1 N–H and O–H groups in total. The third-order valence-corrected chi connectivity index (χ3v) is 6.83. The molecular formula is C22H28ClN3O3S. The van der Waals surface area contributed by atoms with E-state index in [9.17, 15) is 13.2 Å². The summed E-state index contributed by atoms with van der Waals surface area (Å²) in [5.74, 6) is -0.355. The number of hydrogen-bond donors (Lipinski definition) is 1. The molecule has 0 aliphatic carbocycles. The highest BCUT2D eigenvalue weighted by atomic mass is 35.5. The van der Waals surface area contributed by atoms with Gasteiger partial charge in [0.1, 0.15) is 6.04 Å². The van der Waals surface area contributed by atoms with Gasteiger partial charge in [-0.05, 0) is 68.2 Å². The van der Waals surface area contributed by atoms with Gasteiger partial charge in [0.15, 0.2) is 0 Å². The standard InChI is InChI=1S/C22H28ClN3O3S/c1-17(26(30(2,28)29)21-11-9-20(23)10-12-21)22(27)24-15-18-7-3-4-8-19(18)16-25-13-5-6-14-25/h3-4,7-12,17H,5-6,13-16H2,1-2H3,(H,24,27). The SMILES string of the molecule is CC(C(=O)NCc1ccccc1CN1CCCC1)N(c1ccc(Cl)cc1)S(C)(=O)=O. The van der Waals surface area contributed by atoms with Crippen molar-refractivity contribution in [1.82, 2.24) is 10.2 Å². The van der Waals surface area contributed by atoms with Gasteiger partial charge in [0.05, 0.1) is 11.9 Å². The van der Waals surface area contributed by atoms with E-state index in [0.717, 1.165) is 35.8 Å². The minimum absolute atomic E-state index is 0.353. The van der Waals surface area contributed by atoms with Gasteiger partial charge in [0.25, 0.3) is 0 Å². The number of likely N-dealkylation sites (tertiary alicyclic amines) is 1. The molecule has 162 valence electrons. The van der Waals surface area contributed by atoms with Gasteiger partial charge in [-0.3, -0.25) is 14.0 Å². The topological polar surface area (TPSA) is 69.7 Å². The molecule has 0 radical (unpaired) electrons. The summed E-state index contributed by atoms with van der Waals surface area (Å²) in [6, 6.07) is 13.6. The fraction of sp³-hybridized carbons (Fsp3) is 0.409. The quantitative estimate of drug-likeness (QED) is 0.670. The summed E-state index contributed by atoms with van der Waals surface area (Å²) < 4.78 is 25.9. The Balaban J connectivity index is 1.71. The molecule has 0 spiro atoms. The van der Waals surface area contributed by atoms with E-state index in [0.29, 0.717) is 17.3 Å². The zero-order valence-electron chi connectivity index (χ0n) is 17.3. The molecule has 2 aromatic rings. The molecule has 3 rings (SSSR count). The predicted molar refractivity (Wildman–Crippen MR) is 121 cm³/mol. The second kappa shape index (κ2) is 9.81. The predicted octanol–water partition coefficient (Wildman–Crippen LogP) is 3.41. The first-order valence-corrected chi connectivity index (χ1v) is 12.3. The number of amides is 1. The fourth-order valence-electron chi connectivity index (χ4n) is 3.79. The lowest BCUT2D eigenvalue weighted by atomic mass is 10.1. The summed E-state index contributed by atoms with van der Waals surface area (Å²) in [7, 11) is -3.66. The fourth-order valence-corrected chi connectivity index (χ4v) is 5.09. The Morgan fingerprint density at radius 2 is 1.70 bits per heavy atom. The molecule has 1 atom stereocenters. The molecule has 1 aliphatic rings. The lowest BCUT2D eigenvalue weighted by Crippen LogP contribution is -2.47. The first-order chi connectivity index (χ1) is 14.3. The zero-order chi connectivity index (χ0) is 21.7. The number of halogens is 1. The Labute approximate surface area is 183 Å². The number of hydrogen-bond acceptors (Lipinski definition) is 4. The summed E-state index contributed by atoms with van der Waals surface area (Å²) in [6.07, 6.45) is 3.54. The van der Waals surface area contributed by atoms with Gasteiger partial charge >= 0.3 is 0 Å². The summed E-state index contributed by atoms with van der Waals surface area (Å²) in [6.45, 7) is 5.00. The highest BCUT2D eigenvalue weighted by Crippen LogP contribution is 2.23. The Morgan fingerprint density at radius 1 is 1.10 bits per heavy atom. The molecule has 1 fully saturated rings. The van der Waals surface area contributed by atoms with Gasteiger partial charge in [-0.15, -0.1) is 0 Å². The third kappa shape index (κ3) is 5.74. The molecule has 0 saturated carbocycles. The van der Waals surface area contributed by atoms with Crippen LogP contribution in [0.15, 0.2) is 48.5 Å². The van der Waals surface area contributed by atoms with Crippen molar-refractivity contribution in [3.63, 3.8) is 0 Å². The first-order valence-electron chi connectivity index (χ1n) is 10.1. The van der Waals surface area contributed by atoms with Gasteiger partial charge in [-0.1, -0.05) is 35.9 Å². The number of rotatable bonds is 8. The molecule has 1 aliphatic heterocycles. The lowest BCUT2D eigenvalue weighted by molar-refractivity contribution is -0.122. The van der Waals surface area contributed by atoms with Crippen molar-refractivity contribution in [3.05, 3.63) is 64.7 Å². The van der Waals surface area contributed by atoms with E-state index in [-0.39, 0.29) is 5.91 Å². The smallest absolute Gasteiger partial charge is 0.243 e. The number of anilines is 1. The average Bonchev–Trinajstić information content (AvgIpc) is 3.21. The van der Waals surface area contributed by atoms with Crippen LogP contribution in [0.25, 0.3) is 0 Å². The van der Waals surface area contributed by atoms with Crippen LogP contribution in [-0.4, -0.2) is 44.6 Å². The maximum Gasteiger partial charge on any atom is 0.243 e. The highest BCUT2D eigenvalue weighted by molar-refractivity contribution is 7.92. The van der Waals surface area contributed by atoms with Crippen molar-refractivity contribution in [1.29, 1.82) is 0 Å². The monoisotopic (exact) mass is 449 g/mol. The summed E-state index contributed by atoms with van der Waals surface area (Å²) in [5.41, 5.74) is 2.63. The zero-order valence-corrected chi connectivity index (χ0v) is 18.9. The summed E-state index contributed by atoms with van der Waals surface area (Å²) >= 11 is 5.92. The van der Waals surface area contributed by atoms with E-state index in [1.54, 1.807) is 31.2 Å². The number of nitrogens with zero attached hydrogens (tertiary/aromatic N) is 2. The van der Waals surface area contributed by atoms with E-state index >= 15 is 0 Å². The molecule has 8 heteroatoms. The molecule has 1 heterocycles. The van der Waals surface area contributed by atoms with Crippen LogP contribution in [0, 0.1) is 0 Å². The number of sulfonamides is 1. The number of carbonyl (C=O) groups is 1. The van der Waals surface area contributed by atoms with Crippen LogP contribution >= 0.6 is 11.6 Å². The Morgan fingerprint density at radius 3 is 2.30 bits per heavy atom. The van der Waals surface area contributed by atoms with Crippen molar-refractivity contribution in [3.8, 4) is 0 Å². The molecule has 1 amide bonds. The number of nitrogens with one attached hydrogen (secondary N) is 1. The van der Waals surface area contributed by atoms with Crippen molar-refractivity contribution in [2.75, 3.05) is 23.7 Å². The molecule has 1 unspecified atom stereocenters. The number of benzene rings is 2. The third-order valence-electron chi connectivity index (χ3n) is 5.33. The molecule has 30 heavy (non-hydrogen) atoms. The molecule has 2 aromatic carbocycles. The van der Waals surface area contributed by atoms with Crippen LogP contribution in [0.3, 0.4) is 0 Å². The van der Waals surface area contributed by atoms with Crippen molar-refractivity contribution in [2.24, 2.45) is 0 Å². The van der Waals surface area contributed by atoms with Crippen LogP contribution < -0.4 is 9.62 Å². The minimum atomic E-state index is -3.66. The van der Waals surface area contributed by atoms with E-state index in [1.165, 1.54) is 18.4 Å². The Hall–Kier alpha value is -2.09. The van der Waals surface area contributed by atoms with Gasteiger partial charge in [0.2, 0.25) is 15.9 Å². The molecule has 1 saturated heterocycles. The van der Waals surface area contributed by atoms with Gasteiger partial charge in [0, 0.05) is 18.1 Å². The normalized spacial score (nSPS) is 15.7. The highest BCUT2D eigenvalue weighted by Gasteiger charge is 2.29. The molecular weight excluding hydrogens is 422 g/mol. The van der Waals surface area contributed by atoms with E-state index < -0.39 is 16.1 Å². The molecule has 0 aromatic heterocycles. The second-order valence-corrected chi connectivity index (χ2v) is 9.98. The largest absolute Gasteiger partial charge is 0.350 e. The Kier molecular flexibility index (Phi) is 7.39. The maximum atomic E-state index is 12.8. The van der Waals surface area contributed by atoms with E-state index in [4.69, 9.17) is 11.6 Å². The summed E-state index contributed by atoms with van der Waals surface area (Å²) in [4.78, 5) is 15.3. The van der Waals surface area contributed by atoms with Gasteiger partial charge < -0.3 is 5.32 Å². The van der Waals surface area contributed by atoms with Crippen LogP contribution in [-0.2, 0) is 27.9 Å². The molecule has 0 bridgehead atoms. The van der Waals surface area contributed by atoms with E-state index in [1.807, 2.05) is 18.2 Å². The average molecular weight is 450 g/mol. The van der Waals surface area contributed by atoms with Crippen LogP contribution in [0.2, 0.25) is 5.02 Å². The van der Waals surface area contributed by atoms with Crippen molar-refractivity contribution >= 4 is 33.2 Å². The Bertz CT molecular complexity index is 973. The summed E-state index contributed by atoms with van der Waals surface area (Å²) in [5, 5.41) is 3.41. The molecule has 6 nitrogen and oxygen atoms in total. The minimum Gasteiger partial charge on any atom is -0.350 e. The van der Waals surface area contributed by atoms with Gasteiger partial charge in [-0.2, -0.15) is 0 Å². The van der Waals surface area contributed by atoms with Crippen molar-refractivity contribution in [2.45, 2.75) is 38.9 Å².